The molecule has 1 fully saturated rings. The van der Waals surface area contributed by atoms with Crippen LogP contribution in [0, 0.1) is 24.1 Å². The molecule has 1 aromatic carbocycles. The lowest BCUT2D eigenvalue weighted by molar-refractivity contribution is 0.157. The number of hydrogen-bond acceptors (Lipinski definition) is 1. The zero-order chi connectivity index (χ0) is 13.3. The Morgan fingerprint density at radius 2 is 2.11 bits per heavy atom. The van der Waals surface area contributed by atoms with E-state index in [-0.39, 0.29) is 5.82 Å². The van der Waals surface area contributed by atoms with E-state index in [4.69, 9.17) is 5.73 Å². The molecule has 0 spiro atoms. The first-order chi connectivity index (χ1) is 8.37. The molecule has 100 valence electrons. The van der Waals surface area contributed by atoms with Gasteiger partial charge in [0.2, 0.25) is 0 Å². The maximum Gasteiger partial charge on any atom is 0.123 e. The summed E-state index contributed by atoms with van der Waals surface area (Å²) in [6.45, 7) is 6.63. The number of benzene rings is 1. The van der Waals surface area contributed by atoms with Crippen LogP contribution in [0.3, 0.4) is 0 Å². The van der Waals surface area contributed by atoms with E-state index >= 15 is 0 Å². The third-order valence-corrected chi connectivity index (χ3v) is 4.36. The maximum absolute atomic E-state index is 13.1. The van der Waals surface area contributed by atoms with E-state index in [1.165, 1.54) is 18.4 Å². The molecule has 2 atom stereocenters. The van der Waals surface area contributed by atoms with E-state index in [1.54, 1.807) is 12.1 Å². The van der Waals surface area contributed by atoms with Crippen LogP contribution >= 0.6 is 0 Å². The largest absolute Gasteiger partial charge is 0.327 e. The summed E-state index contributed by atoms with van der Waals surface area (Å²) in [4.78, 5) is 0. The van der Waals surface area contributed by atoms with E-state index in [0.717, 1.165) is 18.4 Å². The molecule has 0 saturated heterocycles. The molecule has 1 aliphatic rings. The normalized spacial score (nSPS) is 27.2. The minimum absolute atomic E-state index is 0.149. The highest BCUT2D eigenvalue weighted by atomic mass is 19.1. The van der Waals surface area contributed by atoms with Crippen molar-refractivity contribution in [2.45, 2.75) is 52.5 Å². The van der Waals surface area contributed by atoms with Gasteiger partial charge in [-0.25, -0.2) is 4.39 Å². The summed E-state index contributed by atoms with van der Waals surface area (Å²) in [6, 6.07) is 5.39. The second-order valence-corrected chi connectivity index (χ2v) is 6.61. The van der Waals surface area contributed by atoms with Crippen molar-refractivity contribution in [2.75, 3.05) is 0 Å². The molecule has 0 amide bonds. The van der Waals surface area contributed by atoms with Gasteiger partial charge in [-0.1, -0.05) is 19.9 Å². The minimum Gasteiger partial charge on any atom is -0.327 e. The Hall–Kier alpha value is -0.890. The molecule has 1 nitrogen and oxygen atoms in total. The van der Waals surface area contributed by atoms with Crippen molar-refractivity contribution in [1.29, 1.82) is 0 Å². The summed E-state index contributed by atoms with van der Waals surface area (Å²) in [7, 11) is 0. The topological polar surface area (TPSA) is 26.0 Å². The first kappa shape index (κ1) is 13.5. The fourth-order valence-electron chi connectivity index (χ4n) is 3.15. The molecular weight excluding hydrogens is 225 g/mol. The molecule has 2 heteroatoms. The lowest BCUT2D eigenvalue weighted by atomic mass is 9.68. The summed E-state index contributed by atoms with van der Waals surface area (Å²) in [6.07, 6.45) is 4.48. The number of nitrogens with two attached hydrogens (primary N) is 1. The second-order valence-electron chi connectivity index (χ2n) is 6.61. The molecule has 1 aromatic rings. The van der Waals surface area contributed by atoms with Gasteiger partial charge in [-0.15, -0.1) is 0 Å². The number of hydrogen-bond donors (Lipinski definition) is 1. The molecule has 18 heavy (non-hydrogen) atoms. The molecule has 2 rings (SSSR count). The summed E-state index contributed by atoms with van der Waals surface area (Å²) >= 11 is 0. The van der Waals surface area contributed by atoms with Gasteiger partial charge in [-0.3, -0.25) is 0 Å². The highest BCUT2D eigenvalue weighted by molar-refractivity contribution is 5.27. The Morgan fingerprint density at radius 3 is 2.78 bits per heavy atom. The van der Waals surface area contributed by atoms with Gasteiger partial charge < -0.3 is 5.73 Å². The zero-order valence-corrected chi connectivity index (χ0v) is 11.7. The van der Waals surface area contributed by atoms with Gasteiger partial charge in [0.1, 0.15) is 5.82 Å². The van der Waals surface area contributed by atoms with Crippen molar-refractivity contribution in [1.82, 2.24) is 0 Å². The third kappa shape index (κ3) is 3.11. The van der Waals surface area contributed by atoms with Crippen LogP contribution in [0.2, 0.25) is 0 Å². The first-order valence-corrected chi connectivity index (χ1v) is 6.88. The summed E-state index contributed by atoms with van der Waals surface area (Å²) in [5.41, 5.74) is 8.94. The summed E-state index contributed by atoms with van der Waals surface area (Å²) < 4.78 is 13.1. The van der Waals surface area contributed by atoms with Gasteiger partial charge in [0.15, 0.2) is 0 Å². The smallest absolute Gasteiger partial charge is 0.123 e. The monoisotopic (exact) mass is 249 g/mol. The number of halogens is 1. The van der Waals surface area contributed by atoms with Crippen LogP contribution in [0.15, 0.2) is 18.2 Å². The van der Waals surface area contributed by atoms with Gasteiger partial charge >= 0.3 is 0 Å². The van der Waals surface area contributed by atoms with E-state index in [2.05, 4.69) is 13.8 Å². The third-order valence-electron chi connectivity index (χ3n) is 4.36. The molecule has 2 unspecified atom stereocenters. The van der Waals surface area contributed by atoms with Gasteiger partial charge in [0, 0.05) is 6.04 Å². The fraction of sp³-hybridized carbons (Fsp3) is 0.625. The van der Waals surface area contributed by atoms with Crippen LogP contribution in [0.5, 0.6) is 0 Å². The van der Waals surface area contributed by atoms with Crippen LogP contribution in [0.25, 0.3) is 0 Å². The Bertz CT molecular complexity index is 425. The lowest BCUT2D eigenvalue weighted by Crippen LogP contribution is -2.40. The van der Waals surface area contributed by atoms with Crippen molar-refractivity contribution in [3.63, 3.8) is 0 Å². The molecule has 1 saturated carbocycles. The predicted octanol–water partition coefficient (Wildman–Crippen LogP) is 3.83. The number of aryl methyl sites for hydroxylation is 1. The van der Waals surface area contributed by atoms with Crippen molar-refractivity contribution < 1.29 is 4.39 Å². The van der Waals surface area contributed by atoms with Gasteiger partial charge in [-0.2, -0.15) is 0 Å². The van der Waals surface area contributed by atoms with E-state index < -0.39 is 0 Å². The molecule has 1 aliphatic carbocycles. The average Bonchev–Trinajstić information content (AvgIpc) is 2.27. The van der Waals surface area contributed by atoms with Crippen LogP contribution in [-0.2, 0) is 6.42 Å². The van der Waals surface area contributed by atoms with Gasteiger partial charge in [-0.05, 0) is 67.2 Å². The molecule has 0 aliphatic heterocycles. The van der Waals surface area contributed by atoms with Crippen LogP contribution in [0.4, 0.5) is 4.39 Å². The van der Waals surface area contributed by atoms with Crippen molar-refractivity contribution >= 4 is 0 Å². The zero-order valence-electron chi connectivity index (χ0n) is 11.7. The average molecular weight is 249 g/mol. The Morgan fingerprint density at radius 1 is 1.39 bits per heavy atom. The van der Waals surface area contributed by atoms with Crippen LogP contribution < -0.4 is 5.73 Å². The van der Waals surface area contributed by atoms with E-state index in [9.17, 15) is 4.39 Å². The molecule has 0 heterocycles. The van der Waals surface area contributed by atoms with Crippen molar-refractivity contribution in [3.8, 4) is 0 Å². The Kier molecular flexibility index (Phi) is 3.76. The van der Waals surface area contributed by atoms with Crippen LogP contribution in [0.1, 0.15) is 44.2 Å². The quantitative estimate of drug-likeness (QED) is 0.847. The van der Waals surface area contributed by atoms with Gasteiger partial charge in [0.25, 0.3) is 0 Å². The first-order valence-electron chi connectivity index (χ1n) is 6.88. The van der Waals surface area contributed by atoms with Gasteiger partial charge in [0.05, 0.1) is 0 Å². The SMILES string of the molecule is Cc1cc(F)ccc1CC1CC(C)(C)CCC1N. The Balaban J connectivity index is 2.12. The van der Waals surface area contributed by atoms with E-state index in [0.29, 0.717) is 17.4 Å². The second kappa shape index (κ2) is 5.00. The van der Waals surface area contributed by atoms with Crippen LogP contribution in [-0.4, -0.2) is 6.04 Å². The van der Waals surface area contributed by atoms with Crippen molar-refractivity contribution in [2.24, 2.45) is 17.1 Å². The highest BCUT2D eigenvalue weighted by Crippen LogP contribution is 2.39. The molecule has 0 aromatic heterocycles. The molecule has 2 N–H and O–H groups in total. The molecule has 0 bridgehead atoms. The summed E-state index contributed by atoms with van der Waals surface area (Å²) in [5, 5.41) is 0. The standard InChI is InChI=1S/C16H24FN/c1-11-8-14(17)5-4-12(11)9-13-10-16(2,3)7-6-15(13)18/h4-5,8,13,15H,6-7,9-10,18H2,1-3H3. The predicted molar refractivity (Wildman–Crippen MR) is 73.9 cm³/mol. The highest BCUT2D eigenvalue weighted by Gasteiger charge is 2.33. The lowest BCUT2D eigenvalue weighted by Gasteiger charge is -2.39. The minimum atomic E-state index is -0.149. The molecular formula is C16H24FN. The molecule has 0 radical (unpaired) electrons. The Labute approximate surface area is 110 Å². The van der Waals surface area contributed by atoms with E-state index in [1.807, 2.05) is 13.0 Å². The maximum atomic E-state index is 13.1. The fourth-order valence-corrected chi connectivity index (χ4v) is 3.15. The van der Waals surface area contributed by atoms with Crippen molar-refractivity contribution in [3.05, 3.63) is 35.1 Å². The number of rotatable bonds is 2. The summed E-state index contributed by atoms with van der Waals surface area (Å²) in [5.74, 6) is 0.377.